The van der Waals surface area contributed by atoms with E-state index in [4.69, 9.17) is 5.11 Å². The highest BCUT2D eigenvalue weighted by Gasteiger charge is 2.06. The van der Waals surface area contributed by atoms with E-state index in [1.807, 2.05) is 19.1 Å². The van der Waals surface area contributed by atoms with Gasteiger partial charge in [-0.05, 0) is 49.8 Å². The van der Waals surface area contributed by atoms with Crippen LogP contribution in [0.15, 0.2) is 48.1 Å². The Kier molecular flexibility index (Phi) is 4.40. The number of hydrogen-bond donors (Lipinski definition) is 1. The number of allylic oxidation sites excluding steroid dienone is 4. The number of phenolic OH excluding ortho intramolecular Hbond substituents is 1. The zero-order valence-corrected chi connectivity index (χ0v) is 9.81. The second kappa shape index (κ2) is 5.80. The predicted molar refractivity (Wildman–Crippen MR) is 65.8 cm³/mol. The number of rotatable bonds is 0. The normalized spacial score (nSPS) is 13.9. The molecule has 1 aromatic carbocycles. The van der Waals surface area contributed by atoms with Gasteiger partial charge < -0.3 is 5.11 Å². The highest BCUT2D eigenvalue weighted by molar-refractivity contribution is 6.16. The number of carbonyl (C=O) groups is 2. The molecular formula is C14H14O3. The highest BCUT2D eigenvalue weighted by atomic mass is 16.3. The van der Waals surface area contributed by atoms with Crippen molar-refractivity contribution in [3.8, 4) is 5.75 Å². The van der Waals surface area contributed by atoms with Gasteiger partial charge in [0, 0.05) is 5.57 Å². The van der Waals surface area contributed by atoms with Gasteiger partial charge in [-0.2, -0.15) is 0 Å². The van der Waals surface area contributed by atoms with E-state index in [1.165, 1.54) is 18.2 Å². The molecule has 0 fully saturated rings. The van der Waals surface area contributed by atoms with Crippen molar-refractivity contribution in [2.45, 2.75) is 13.8 Å². The maximum absolute atomic E-state index is 10.6. The SMILES string of the molecule is CC1=CC(=O)C=CC1=O.Cc1cccc(O)c1. The van der Waals surface area contributed by atoms with Gasteiger partial charge in [-0.3, -0.25) is 9.59 Å². The van der Waals surface area contributed by atoms with Crippen molar-refractivity contribution in [3.63, 3.8) is 0 Å². The van der Waals surface area contributed by atoms with Gasteiger partial charge in [-0.1, -0.05) is 12.1 Å². The van der Waals surface area contributed by atoms with E-state index >= 15 is 0 Å². The first-order valence-electron chi connectivity index (χ1n) is 5.19. The highest BCUT2D eigenvalue weighted by Crippen LogP contribution is 2.08. The van der Waals surface area contributed by atoms with E-state index in [9.17, 15) is 9.59 Å². The maximum atomic E-state index is 10.6. The lowest BCUT2D eigenvalue weighted by Crippen LogP contribution is -2.03. The molecule has 0 aliphatic heterocycles. The molecule has 0 spiro atoms. The smallest absolute Gasteiger partial charge is 0.181 e. The average molecular weight is 230 g/mol. The number of ketones is 2. The number of hydrogen-bond acceptors (Lipinski definition) is 3. The van der Waals surface area contributed by atoms with Crippen molar-refractivity contribution in [2.24, 2.45) is 0 Å². The largest absolute Gasteiger partial charge is 0.508 e. The van der Waals surface area contributed by atoms with Crippen LogP contribution < -0.4 is 0 Å². The molecule has 0 amide bonds. The fourth-order valence-electron chi connectivity index (χ4n) is 1.25. The molecular weight excluding hydrogens is 216 g/mol. The van der Waals surface area contributed by atoms with Crippen molar-refractivity contribution in [1.29, 1.82) is 0 Å². The molecule has 88 valence electrons. The summed E-state index contributed by atoms with van der Waals surface area (Å²) in [4.78, 5) is 21.1. The molecule has 0 atom stereocenters. The molecule has 0 aromatic heterocycles. The topological polar surface area (TPSA) is 54.4 Å². The summed E-state index contributed by atoms with van der Waals surface area (Å²) in [7, 11) is 0. The average Bonchev–Trinajstić information content (AvgIpc) is 2.24. The lowest BCUT2D eigenvalue weighted by Gasteiger charge is -1.96. The van der Waals surface area contributed by atoms with Gasteiger partial charge in [-0.25, -0.2) is 0 Å². The van der Waals surface area contributed by atoms with Crippen LogP contribution in [0.1, 0.15) is 12.5 Å². The summed E-state index contributed by atoms with van der Waals surface area (Å²) in [6.07, 6.45) is 3.90. The minimum atomic E-state index is -0.105. The molecule has 1 aliphatic carbocycles. The minimum absolute atomic E-state index is 0.0744. The molecule has 0 unspecified atom stereocenters. The summed E-state index contributed by atoms with van der Waals surface area (Å²) >= 11 is 0. The fraction of sp³-hybridized carbons (Fsp3) is 0.143. The lowest BCUT2D eigenvalue weighted by molar-refractivity contribution is -0.114. The van der Waals surface area contributed by atoms with Crippen LogP contribution in [0.2, 0.25) is 0 Å². The maximum Gasteiger partial charge on any atom is 0.181 e. The Hall–Kier alpha value is -2.16. The third-order valence-corrected chi connectivity index (χ3v) is 2.15. The first-order chi connectivity index (χ1) is 7.99. The Labute approximate surface area is 100 Å². The Balaban J connectivity index is 0.000000171. The molecule has 0 heterocycles. The van der Waals surface area contributed by atoms with E-state index in [1.54, 1.807) is 19.1 Å². The van der Waals surface area contributed by atoms with Crippen molar-refractivity contribution < 1.29 is 14.7 Å². The molecule has 0 radical (unpaired) electrons. The van der Waals surface area contributed by atoms with Crippen LogP contribution >= 0.6 is 0 Å². The summed E-state index contributed by atoms with van der Waals surface area (Å²) in [6, 6.07) is 7.15. The third-order valence-electron chi connectivity index (χ3n) is 2.15. The fourth-order valence-corrected chi connectivity index (χ4v) is 1.25. The monoisotopic (exact) mass is 230 g/mol. The van der Waals surface area contributed by atoms with Gasteiger partial charge in [0.25, 0.3) is 0 Å². The van der Waals surface area contributed by atoms with Crippen molar-refractivity contribution >= 4 is 11.6 Å². The summed E-state index contributed by atoms with van der Waals surface area (Å²) in [5, 5.41) is 8.81. The standard InChI is InChI=1S/C7H6O2.C7H8O/c1-5-4-6(8)2-3-7(5)9;1-6-3-2-4-7(8)5-6/h2-4H,1H3;2-5,8H,1H3. The lowest BCUT2D eigenvalue weighted by atomic mass is 10.1. The Morgan fingerprint density at radius 3 is 2.18 bits per heavy atom. The number of aryl methyl sites for hydroxylation is 1. The first kappa shape index (κ1) is 12.9. The zero-order valence-electron chi connectivity index (χ0n) is 9.81. The van der Waals surface area contributed by atoms with E-state index < -0.39 is 0 Å². The van der Waals surface area contributed by atoms with Crippen LogP contribution in [0.5, 0.6) is 5.75 Å². The summed E-state index contributed by atoms with van der Waals surface area (Å²) in [6.45, 7) is 3.57. The van der Waals surface area contributed by atoms with Gasteiger partial charge in [0.15, 0.2) is 11.6 Å². The Morgan fingerprint density at radius 1 is 1.06 bits per heavy atom. The molecule has 0 bridgehead atoms. The van der Waals surface area contributed by atoms with Gasteiger partial charge >= 0.3 is 0 Å². The number of carbonyl (C=O) groups excluding carboxylic acids is 2. The molecule has 0 saturated heterocycles. The quantitative estimate of drug-likeness (QED) is 0.696. The molecule has 2 rings (SSSR count). The van der Waals surface area contributed by atoms with Gasteiger partial charge in [0.05, 0.1) is 0 Å². The second-order valence-corrected chi connectivity index (χ2v) is 3.77. The number of benzene rings is 1. The molecule has 17 heavy (non-hydrogen) atoms. The van der Waals surface area contributed by atoms with E-state index in [0.29, 0.717) is 11.3 Å². The molecule has 1 aliphatic rings. The molecule has 0 saturated carbocycles. The minimum Gasteiger partial charge on any atom is -0.508 e. The first-order valence-corrected chi connectivity index (χ1v) is 5.19. The molecule has 3 nitrogen and oxygen atoms in total. The second-order valence-electron chi connectivity index (χ2n) is 3.77. The van der Waals surface area contributed by atoms with Crippen LogP contribution in [-0.4, -0.2) is 16.7 Å². The van der Waals surface area contributed by atoms with Crippen LogP contribution in [-0.2, 0) is 9.59 Å². The van der Waals surface area contributed by atoms with Crippen molar-refractivity contribution in [1.82, 2.24) is 0 Å². The van der Waals surface area contributed by atoms with E-state index in [0.717, 1.165) is 5.56 Å². The van der Waals surface area contributed by atoms with Crippen LogP contribution in [0.4, 0.5) is 0 Å². The van der Waals surface area contributed by atoms with E-state index in [2.05, 4.69) is 0 Å². The summed E-state index contributed by atoms with van der Waals surface area (Å²) in [5.74, 6) is 0.159. The van der Waals surface area contributed by atoms with Crippen LogP contribution in [0.25, 0.3) is 0 Å². The molecule has 1 aromatic rings. The Bertz CT molecular complexity index is 479. The van der Waals surface area contributed by atoms with Gasteiger partial charge in [0.2, 0.25) is 0 Å². The van der Waals surface area contributed by atoms with E-state index in [-0.39, 0.29) is 11.6 Å². The van der Waals surface area contributed by atoms with Crippen molar-refractivity contribution in [2.75, 3.05) is 0 Å². The zero-order chi connectivity index (χ0) is 12.8. The van der Waals surface area contributed by atoms with Crippen LogP contribution in [0, 0.1) is 6.92 Å². The predicted octanol–water partition coefficient (Wildman–Crippen LogP) is 2.34. The molecule has 1 N–H and O–H groups in total. The van der Waals surface area contributed by atoms with Crippen molar-refractivity contribution in [3.05, 3.63) is 53.6 Å². The third kappa shape index (κ3) is 4.47. The Morgan fingerprint density at radius 2 is 1.76 bits per heavy atom. The number of phenols is 1. The number of aromatic hydroxyl groups is 1. The van der Waals surface area contributed by atoms with Gasteiger partial charge in [0.1, 0.15) is 5.75 Å². The van der Waals surface area contributed by atoms with Crippen LogP contribution in [0.3, 0.4) is 0 Å². The molecule has 3 heteroatoms. The summed E-state index contributed by atoms with van der Waals surface area (Å²) < 4.78 is 0. The van der Waals surface area contributed by atoms with Gasteiger partial charge in [-0.15, -0.1) is 0 Å². The summed E-state index contributed by atoms with van der Waals surface area (Å²) in [5.41, 5.74) is 1.60.